The first-order valence-corrected chi connectivity index (χ1v) is 16.7. The van der Waals surface area contributed by atoms with Gasteiger partial charge in [-0.1, -0.05) is 111 Å². The Morgan fingerprint density at radius 3 is 1.20 bits per heavy atom. The van der Waals surface area contributed by atoms with E-state index in [1.807, 2.05) is 0 Å². The Kier molecular flexibility index (Phi) is 11.1. The zero-order valence-corrected chi connectivity index (χ0v) is 30.4. The van der Waals surface area contributed by atoms with E-state index in [-0.39, 0.29) is 54.2 Å². The van der Waals surface area contributed by atoms with Crippen molar-refractivity contribution in [2.45, 2.75) is 54.4 Å². The third-order valence-corrected chi connectivity index (χ3v) is 11.9. The minimum atomic E-state index is -1.64. The van der Waals surface area contributed by atoms with Gasteiger partial charge >= 0.3 is 23.9 Å². The standard InChI is InChI=1S/C32H32Cl6O8/c1-13-15(31(13,3)4)7-9-43-27(39)21-23(37)17(33)11-19(35)25(21)45-29(41)30(42)46-26-20(36)12-18(34)24(38)22(26)28(40)44-10-8-16-14(2)32(16,5)6/h11-16H,7-10H2,1-6H3. The van der Waals surface area contributed by atoms with Crippen LogP contribution in [0.25, 0.3) is 0 Å². The third-order valence-electron chi connectivity index (χ3n) is 9.79. The van der Waals surface area contributed by atoms with Gasteiger partial charge in [-0.25, -0.2) is 19.2 Å². The van der Waals surface area contributed by atoms with E-state index in [4.69, 9.17) is 88.6 Å². The molecular weight excluding hydrogens is 725 g/mol. The Balaban J connectivity index is 1.50. The Morgan fingerprint density at radius 1 is 0.609 bits per heavy atom. The molecule has 8 nitrogen and oxygen atoms in total. The van der Waals surface area contributed by atoms with Gasteiger partial charge in [-0.3, -0.25) is 0 Å². The summed E-state index contributed by atoms with van der Waals surface area (Å²) in [5.41, 5.74) is -0.669. The van der Waals surface area contributed by atoms with Gasteiger partial charge in [-0.2, -0.15) is 0 Å². The SMILES string of the molecule is CC1C(CCOC(=O)c2c(Cl)c(Cl)cc(Cl)c2OC(=O)C(=O)Oc2c(Cl)cc(Cl)c(Cl)c2C(=O)OCCC2C(C)C2(C)C)C1(C)C. The van der Waals surface area contributed by atoms with Crippen LogP contribution in [-0.4, -0.2) is 37.1 Å². The molecule has 46 heavy (non-hydrogen) atoms. The number of benzene rings is 2. The number of halogens is 6. The van der Waals surface area contributed by atoms with E-state index in [1.165, 1.54) is 0 Å². The average Bonchev–Trinajstić information content (AvgIpc) is 3.67. The molecule has 0 aromatic heterocycles. The molecule has 0 radical (unpaired) electrons. The summed E-state index contributed by atoms with van der Waals surface area (Å²) in [5.74, 6) is -4.77. The maximum absolute atomic E-state index is 13.1. The highest BCUT2D eigenvalue weighted by Crippen LogP contribution is 2.60. The molecule has 4 unspecified atom stereocenters. The van der Waals surface area contributed by atoms with Crippen LogP contribution in [0.2, 0.25) is 30.1 Å². The molecule has 2 aromatic carbocycles. The van der Waals surface area contributed by atoms with Crippen LogP contribution in [0.15, 0.2) is 12.1 Å². The molecule has 2 fully saturated rings. The number of hydrogen-bond acceptors (Lipinski definition) is 8. The first-order chi connectivity index (χ1) is 21.3. The average molecular weight is 757 g/mol. The van der Waals surface area contributed by atoms with E-state index in [1.54, 1.807) is 0 Å². The lowest BCUT2D eigenvalue weighted by atomic mass is 10.1. The quantitative estimate of drug-likeness (QED) is 0.102. The molecule has 4 atom stereocenters. The summed E-state index contributed by atoms with van der Waals surface area (Å²) in [6.07, 6.45) is 1.19. The minimum Gasteiger partial charge on any atom is -0.462 e. The summed E-state index contributed by atoms with van der Waals surface area (Å²) in [4.78, 5) is 52.0. The Labute approximate surface area is 297 Å². The highest BCUT2D eigenvalue weighted by Gasteiger charge is 2.54. The van der Waals surface area contributed by atoms with Crippen molar-refractivity contribution < 1.29 is 38.1 Å². The molecule has 0 bridgehead atoms. The Bertz CT molecular complexity index is 1490. The predicted octanol–water partition coefficient (Wildman–Crippen LogP) is 9.80. The number of rotatable bonds is 10. The molecule has 2 aliphatic rings. The number of carbonyl (C=O) groups is 4. The van der Waals surface area contributed by atoms with Gasteiger partial charge in [0, 0.05) is 0 Å². The van der Waals surface area contributed by atoms with Crippen LogP contribution >= 0.6 is 69.6 Å². The molecule has 4 rings (SSSR count). The summed E-state index contributed by atoms with van der Waals surface area (Å²) in [6, 6.07) is 2.25. The predicted molar refractivity (Wildman–Crippen MR) is 177 cm³/mol. The largest absolute Gasteiger partial charge is 0.462 e. The second kappa shape index (κ2) is 13.9. The van der Waals surface area contributed by atoms with Crippen molar-refractivity contribution in [2.24, 2.45) is 34.5 Å². The van der Waals surface area contributed by atoms with Crippen LogP contribution < -0.4 is 9.47 Å². The molecule has 0 saturated heterocycles. The van der Waals surface area contributed by atoms with Gasteiger partial charge in [0.2, 0.25) is 0 Å². The molecule has 0 amide bonds. The van der Waals surface area contributed by atoms with Crippen molar-refractivity contribution in [3.63, 3.8) is 0 Å². The number of hydrogen-bond donors (Lipinski definition) is 0. The summed E-state index contributed by atoms with van der Waals surface area (Å²) < 4.78 is 21.1. The molecule has 0 heterocycles. The highest BCUT2D eigenvalue weighted by atomic mass is 35.5. The fourth-order valence-electron chi connectivity index (χ4n) is 5.97. The van der Waals surface area contributed by atoms with Crippen molar-refractivity contribution in [3.8, 4) is 11.5 Å². The van der Waals surface area contributed by atoms with E-state index in [2.05, 4.69) is 41.5 Å². The van der Waals surface area contributed by atoms with Crippen LogP contribution in [0.4, 0.5) is 0 Å². The number of esters is 4. The van der Waals surface area contributed by atoms with Crippen LogP contribution in [-0.2, 0) is 19.1 Å². The van der Waals surface area contributed by atoms with Crippen molar-refractivity contribution in [1.82, 2.24) is 0 Å². The first kappa shape index (κ1) is 36.9. The molecule has 2 aliphatic carbocycles. The lowest BCUT2D eigenvalue weighted by Gasteiger charge is -2.16. The van der Waals surface area contributed by atoms with E-state index in [0.717, 1.165) is 12.1 Å². The molecular formula is C32H32Cl6O8. The fraction of sp³-hybridized carbons (Fsp3) is 0.500. The Morgan fingerprint density at radius 2 is 0.913 bits per heavy atom. The van der Waals surface area contributed by atoms with E-state index >= 15 is 0 Å². The monoisotopic (exact) mass is 754 g/mol. The molecule has 0 N–H and O–H groups in total. The smallest absolute Gasteiger partial charge is 0.423 e. The zero-order valence-electron chi connectivity index (χ0n) is 25.8. The molecule has 14 heteroatoms. The van der Waals surface area contributed by atoms with Gasteiger partial charge in [-0.05, 0) is 59.5 Å². The summed E-state index contributed by atoms with van der Waals surface area (Å²) in [6.45, 7) is 12.8. The van der Waals surface area contributed by atoms with Crippen molar-refractivity contribution >= 4 is 93.5 Å². The van der Waals surface area contributed by atoms with E-state index < -0.39 is 46.5 Å². The topological polar surface area (TPSA) is 105 Å². The Hall–Kier alpha value is -1.94. The fourth-order valence-corrected chi connectivity index (χ4v) is 7.41. The van der Waals surface area contributed by atoms with Gasteiger partial charge in [0.1, 0.15) is 11.1 Å². The number of ether oxygens (including phenoxy) is 4. The molecule has 2 saturated carbocycles. The summed E-state index contributed by atoms with van der Waals surface area (Å²) in [5, 5.41) is -1.50. The van der Waals surface area contributed by atoms with Crippen molar-refractivity contribution in [2.75, 3.05) is 13.2 Å². The number of carbonyl (C=O) groups excluding carboxylic acids is 4. The zero-order chi connectivity index (χ0) is 34.5. The van der Waals surface area contributed by atoms with Gasteiger partial charge < -0.3 is 18.9 Å². The maximum atomic E-state index is 13.1. The lowest BCUT2D eigenvalue weighted by molar-refractivity contribution is -0.156. The van der Waals surface area contributed by atoms with Crippen LogP contribution in [0.1, 0.15) is 75.1 Å². The van der Waals surface area contributed by atoms with Crippen LogP contribution in [0.5, 0.6) is 11.5 Å². The van der Waals surface area contributed by atoms with Crippen LogP contribution in [0, 0.1) is 34.5 Å². The maximum Gasteiger partial charge on any atom is 0.423 e. The first-order valence-electron chi connectivity index (χ1n) is 14.4. The van der Waals surface area contributed by atoms with Crippen molar-refractivity contribution in [3.05, 3.63) is 53.4 Å². The van der Waals surface area contributed by atoms with Gasteiger partial charge in [-0.15, -0.1) is 0 Å². The highest BCUT2D eigenvalue weighted by molar-refractivity contribution is 6.47. The summed E-state index contributed by atoms with van der Waals surface area (Å²) in [7, 11) is 0. The second-order valence-electron chi connectivity index (χ2n) is 12.8. The van der Waals surface area contributed by atoms with E-state index in [0.29, 0.717) is 36.5 Å². The van der Waals surface area contributed by atoms with Gasteiger partial charge in [0.05, 0.1) is 43.3 Å². The third kappa shape index (κ3) is 7.37. The molecule has 0 spiro atoms. The molecule has 2 aromatic rings. The summed E-state index contributed by atoms with van der Waals surface area (Å²) >= 11 is 37.3. The second-order valence-corrected chi connectivity index (χ2v) is 15.2. The molecule has 250 valence electrons. The minimum absolute atomic E-state index is 0.0549. The van der Waals surface area contributed by atoms with Gasteiger partial charge in [0.25, 0.3) is 0 Å². The lowest BCUT2D eigenvalue weighted by Crippen LogP contribution is -2.27. The molecule has 0 aliphatic heterocycles. The van der Waals surface area contributed by atoms with Gasteiger partial charge in [0.15, 0.2) is 11.5 Å². The van der Waals surface area contributed by atoms with Crippen LogP contribution in [0.3, 0.4) is 0 Å². The normalized spacial score (nSPS) is 22.1. The van der Waals surface area contributed by atoms with E-state index in [9.17, 15) is 19.2 Å². The van der Waals surface area contributed by atoms with Crippen molar-refractivity contribution in [1.29, 1.82) is 0 Å².